The van der Waals surface area contributed by atoms with Crippen LogP contribution in [0.5, 0.6) is 5.75 Å². The molecule has 0 bridgehead atoms. The smallest absolute Gasteiger partial charge is 0.120 e. The van der Waals surface area contributed by atoms with Crippen LogP contribution in [0.15, 0.2) is 24.3 Å². The van der Waals surface area contributed by atoms with E-state index in [0.29, 0.717) is 6.04 Å². The summed E-state index contributed by atoms with van der Waals surface area (Å²) in [4.78, 5) is 2.22. The highest BCUT2D eigenvalue weighted by atomic mass is 16.5. The van der Waals surface area contributed by atoms with E-state index < -0.39 is 0 Å². The van der Waals surface area contributed by atoms with Gasteiger partial charge in [-0.2, -0.15) is 0 Å². The molecule has 0 fully saturated rings. The molecular weight excluding hydrogens is 224 g/mol. The van der Waals surface area contributed by atoms with Crippen LogP contribution >= 0.6 is 0 Å². The van der Waals surface area contributed by atoms with Crippen LogP contribution in [0.25, 0.3) is 0 Å². The fourth-order valence-corrected chi connectivity index (χ4v) is 1.90. The molecule has 18 heavy (non-hydrogen) atoms. The highest BCUT2D eigenvalue weighted by Crippen LogP contribution is 2.23. The monoisotopic (exact) mass is 250 g/mol. The van der Waals surface area contributed by atoms with Crippen LogP contribution in [0.3, 0.4) is 0 Å². The van der Waals surface area contributed by atoms with Gasteiger partial charge in [0.05, 0.1) is 0 Å². The predicted molar refractivity (Wildman–Crippen MR) is 77.2 cm³/mol. The average molecular weight is 250 g/mol. The molecule has 0 aliphatic heterocycles. The van der Waals surface area contributed by atoms with Crippen LogP contribution in [0.4, 0.5) is 0 Å². The van der Waals surface area contributed by atoms with Crippen molar-refractivity contribution in [2.75, 3.05) is 27.7 Å². The molecule has 0 radical (unpaired) electrons. The van der Waals surface area contributed by atoms with E-state index in [4.69, 9.17) is 4.74 Å². The largest absolute Gasteiger partial charge is 0.488 e. The predicted octanol–water partition coefficient (Wildman–Crippen LogP) is 2.69. The molecule has 0 saturated carbocycles. The molecule has 0 saturated heterocycles. The van der Waals surface area contributed by atoms with Crippen molar-refractivity contribution < 1.29 is 4.74 Å². The van der Waals surface area contributed by atoms with Crippen LogP contribution in [0, 0.1) is 0 Å². The summed E-state index contributed by atoms with van der Waals surface area (Å²) in [5.41, 5.74) is 1.16. The molecule has 3 nitrogen and oxygen atoms in total. The lowest BCUT2D eigenvalue weighted by molar-refractivity contribution is 0.131. The van der Waals surface area contributed by atoms with Gasteiger partial charge in [0.15, 0.2) is 0 Å². The first-order valence-corrected chi connectivity index (χ1v) is 6.43. The third kappa shape index (κ3) is 4.67. The number of rotatable bonds is 5. The molecule has 0 aliphatic carbocycles. The van der Waals surface area contributed by atoms with Gasteiger partial charge in [-0.3, -0.25) is 0 Å². The van der Waals surface area contributed by atoms with Crippen LogP contribution in [-0.2, 0) is 0 Å². The second-order valence-electron chi connectivity index (χ2n) is 5.82. The summed E-state index contributed by atoms with van der Waals surface area (Å²) in [7, 11) is 6.18. The zero-order valence-electron chi connectivity index (χ0n) is 12.4. The first-order valence-electron chi connectivity index (χ1n) is 6.43. The molecule has 0 amide bonds. The highest BCUT2D eigenvalue weighted by molar-refractivity contribution is 5.29. The van der Waals surface area contributed by atoms with E-state index in [0.717, 1.165) is 12.3 Å². The van der Waals surface area contributed by atoms with E-state index in [1.165, 1.54) is 5.56 Å². The van der Waals surface area contributed by atoms with Gasteiger partial charge in [0, 0.05) is 12.6 Å². The maximum Gasteiger partial charge on any atom is 0.120 e. The number of likely N-dealkylation sites (N-methyl/N-ethyl adjacent to an activating group) is 2. The lowest BCUT2D eigenvalue weighted by atomic mass is 10.1. The van der Waals surface area contributed by atoms with Crippen molar-refractivity contribution in [3.8, 4) is 5.75 Å². The van der Waals surface area contributed by atoms with Crippen LogP contribution < -0.4 is 10.1 Å². The molecule has 102 valence electrons. The number of benzene rings is 1. The first kappa shape index (κ1) is 15.0. The Balaban J connectivity index is 2.80. The van der Waals surface area contributed by atoms with E-state index in [2.05, 4.69) is 57.2 Å². The van der Waals surface area contributed by atoms with Crippen molar-refractivity contribution in [1.29, 1.82) is 0 Å². The number of nitrogens with zero attached hydrogens (tertiary/aromatic N) is 1. The summed E-state index contributed by atoms with van der Waals surface area (Å²) < 4.78 is 5.83. The number of nitrogens with one attached hydrogen (secondary N) is 1. The van der Waals surface area contributed by atoms with E-state index in [1.807, 2.05) is 19.2 Å². The summed E-state index contributed by atoms with van der Waals surface area (Å²) in [5, 5.41) is 3.23. The molecule has 1 atom stereocenters. The Kier molecular flexibility index (Phi) is 5.17. The van der Waals surface area contributed by atoms with Crippen molar-refractivity contribution >= 4 is 0 Å². The molecule has 1 unspecified atom stereocenters. The molecule has 3 heteroatoms. The number of hydrogen-bond acceptors (Lipinski definition) is 3. The number of hydrogen-bond donors (Lipinski definition) is 1. The van der Waals surface area contributed by atoms with E-state index in [9.17, 15) is 0 Å². The highest BCUT2D eigenvalue weighted by Gasteiger charge is 2.15. The lowest BCUT2D eigenvalue weighted by Crippen LogP contribution is -2.29. The zero-order valence-corrected chi connectivity index (χ0v) is 12.4. The molecule has 0 spiro atoms. The fourth-order valence-electron chi connectivity index (χ4n) is 1.90. The summed E-state index contributed by atoms with van der Waals surface area (Å²) in [5.74, 6) is 0.924. The van der Waals surface area contributed by atoms with Gasteiger partial charge in [0.25, 0.3) is 0 Å². The molecule has 1 aromatic rings. The van der Waals surface area contributed by atoms with Gasteiger partial charge in [0.1, 0.15) is 11.4 Å². The van der Waals surface area contributed by atoms with Crippen LogP contribution in [0.2, 0.25) is 0 Å². The summed E-state index contributed by atoms with van der Waals surface area (Å²) >= 11 is 0. The minimum atomic E-state index is -0.145. The molecule has 0 heterocycles. The molecule has 0 aromatic heterocycles. The quantitative estimate of drug-likeness (QED) is 0.869. The third-order valence-electron chi connectivity index (χ3n) is 2.71. The fraction of sp³-hybridized carbons (Fsp3) is 0.600. The molecule has 1 rings (SSSR count). The van der Waals surface area contributed by atoms with Gasteiger partial charge >= 0.3 is 0 Å². The Morgan fingerprint density at radius 1 is 1.17 bits per heavy atom. The summed E-state index contributed by atoms with van der Waals surface area (Å²) in [6.07, 6.45) is 0. The Morgan fingerprint density at radius 2 is 1.72 bits per heavy atom. The molecular formula is C15H26N2O. The van der Waals surface area contributed by atoms with E-state index in [-0.39, 0.29) is 5.60 Å². The van der Waals surface area contributed by atoms with Crippen LogP contribution in [0.1, 0.15) is 32.4 Å². The van der Waals surface area contributed by atoms with Gasteiger partial charge in [0.2, 0.25) is 0 Å². The number of ether oxygens (including phenoxy) is 1. The van der Waals surface area contributed by atoms with Crippen molar-refractivity contribution in [1.82, 2.24) is 10.2 Å². The van der Waals surface area contributed by atoms with E-state index in [1.54, 1.807) is 0 Å². The SMILES string of the molecule is CNCC(c1ccc(OC(C)(C)C)cc1)N(C)C. The Hall–Kier alpha value is -1.06. The maximum atomic E-state index is 5.83. The average Bonchev–Trinajstić information content (AvgIpc) is 2.25. The summed E-state index contributed by atoms with van der Waals surface area (Å²) in [6.45, 7) is 7.12. The topological polar surface area (TPSA) is 24.5 Å². The minimum Gasteiger partial charge on any atom is -0.488 e. The molecule has 0 aliphatic rings. The van der Waals surface area contributed by atoms with Gasteiger partial charge in [-0.15, -0.1) is 0 Å². The van der Waals surface area contributed by atoms with Gasteiger partial charge < -0.3 is 15.0 Å². The maximum absolute atomic E-state index is 5.83. The zero-order chi connectivity index (χ0) is 13.8. The van der Waals surface area contributed by atoms with Gasteiger partial charge in [-0.1, -0.05) is 12.1 Å². The second kappa shape index (κ2) is 6.21. The Labute approximate surface area is 111 Å². The first-order chi connectivity index (χ1) is 8.33. The van der Waals surface area contributed by atoms with Gasteiger partial charge in [-0.25, -0.2) is 0 Å². The second-order valence-corrected chi connectivity index (χ2v) is 5.82. The Morgan fingerprint density at radius 3 is 2.11 bits per heavy atom. The standard InChI is InChI=1S/C15H26N2O/c1-15(2,3)18-13-9-7-12(8-10-13)14(11-16-4)17(5)6/h7-10,14,16H,11H2,1-6H3. The third-order valence-corrected chi connectivity index (χ3v) is 2.71. The van der Waals surface area contributed by atoms with Crippen molar-refractivity contribution in [3.05, 3.63) is 29.8 Å². The normalized spacial score (nSPS) is 13.7. The van der Waals surface area contributed by atoms with Crippen LogP contribution in [-0.4, -0.2) is 38.2 Å². The van der Waals surface area contributed by atoms with Gasteiger partial charge in [-0.05, 0) is 59.6 Å². The Bertz CT molecular complexity index is 352. The van der Waals surface area contributed by atoms with Crippen molar-refractivity contribution in [3.63, 3.8) is 0 Å². The molecule has 1 aromatic carbocycles. The summed E-state index contributed by atoms with van der Waals surface area (Å²) in [6, 6.07) is 8.77. The minimum absolute atomic E-state index is 0.145. The van der Waals surface area contributed by atoms with Crippen molar-refractivity contribution in [2.45, 2.75) is 32.4 Å². The van der Waals surface area contributed by atoms with E-state index >= 15 is 0 Å². The molecule has 1 N–H and O–H groups in total. The lowest BCUT2D eigenvalue weighted by Gasteiger charge is -2.25. The van der Waals surface area contributed by atoms with Crippen molar-refractivity contribution in [2.24, 2.45) is 0 Å².